The van der Waals surface area contributed by atoms with Crippen LogP contribution in [-0.4, -0.2) is 16.5 Å². The molecule has 0 bridgehead atoms. The van der Waals surface area contributed by atoms with Gasteiger partial charge in [0, 0.05) is 6.54 Å². The molecule has 0 radical (unpaired) electrons. The van der Waals surface area contributed by atoms with E-state index >= 15 is 0 Å². The molecule has 0 unspecified atom stereocenters. The maximum atomic E-state index is 11.3. The topological polar surface area (TPSA) is 110 Å². The van der Waals surface area contributed by atoms with E-state index in [-0.39, 0.29) is 11.6 Å². The van der Waals surface area contributed by atoms with Crippen molar-refractivity contribution in [2.24, 2.45) is 0 Å². The van der Waals surface area contributed by atoms with E-state index in [1.165, 1.54) is 12.8 Å². The van der Waals surface area contributed by atoms with Crippen LogP contribution in [-0.2, 0) is 0 Å². The normalized spacial score (nSPS) is 10.3. The molecule has 6 heteroatoms. The standard InChI is InChI=1S/C10H19N5O/c1-2-3-4-5-6-13-8-7(11)9(16)15-10(12)14-8/h2-6,11H2,1H3,(H4,12,13,14,15,16). The Hall–Kier alpha value is -1.72. The molecule has 1 aromatic rings. The van der Waals surface area contributed by atoms with Gasteiger partial charge in [-0.1, -0.05) is 26.2 Å². The minimum Gasteiger partial charge on any atom is -0.391 e. The molecule has 0 amide bonds. The fourth-order valence-electron chi connectivity index (χ4n) is 1.39. The smallest absolute Gasteiger partial charge is 0.277 e. The van der Waals surface area contributed by atoms with Crippen LogP contribution in [0.15, 0.2) is 4.79 Å². The van der Waals surface area contributed by atoms with Gasteiger partial charge in [-0.15, -0.1) is 0 Å². The molecule has 0 aliphatic rings. The van der Waals surface area contributed by atoms with Crippen LogP contribution in [0.1, 0.15) is 32.6 Å². The third-order valence-corrected chi connectivity index (χ3v) is 2.30. The first-order chi connectivity index (χ1) is 7.65. The summed E-state index contributed by atoms with van der Waals surface area (Å²) in [7, 11) is 0. The van der Waals surface area contributed by atoms with Crippen molar-refractivity contribution < 1.29 is 0 Å². The van der Waals surface area contributed by atoms with Crippen LogP contribution in [0.3, 0.4) is 0 Å². The molecule has 0 saturated heterocycles. The number of nitrogens with one attached hydrogen (secondary N) is 2. The van der Waals surface area contributed by atoms with Gasteiger partial charge in [-0.2, -0.15) is 4.98 Å². The molecular formula is C10H19N5O. The lowest BCUT2D eigenvalue weighted by Gasteiger charge is -2.07. The lowest BCUT2D eigenvalue weighted by Crippen LogP contribution is -2.19. The fourth-order valence-corrected chi connectivity index (χ4v) is 1.39. The van der Waals surface area contributed by atoms with Gasteiger partial charge in [-0.25, -0.2) is 0 Å². The predicted molar refractivity (Wildman–Crippen MR) is 66.3 cm³/mol. The third-order valence-electron chi connectivity index (χ3n) is 2.30. The maximum absolute atomic E-state index is 11.3. The number of unbranched alkanes of at least 4 members (excludes halogenated alkanes) is 3. The number of nitrogens with zero attached hydrogens (tertiary/aromatic N) is 1. The van der Waals surface area contributed by atoms with Crippen LogP contribution in [0.2, 0.25) is 0 Å². The van der Waals surface area contributed by atoms with E-state index in [4.69, 9.17) is 11.5 Å². The van der Waals surface area contributed by atoms with E-state index in [2.05, 4.69) is 22.2 Å². The number of aromatic amines is 1. The van der Waals surface area contributed by atoms with Gasteiger partial charge in [0.1, 0.15) is 5.69 Å². The van der Waals surface area contributed by atoms with Gasteiger partial charge in [0.2, 0.25) is 5.95 Å². The summed E-state index contributed by atoms with van der Waals surface area (Å²) in [4.78, 5) is 17.5. The van der Waals surface area contributed by atoms with Crippen LogP contribution < -0.4 is 22.3 Å². The number of rotatable bonds is 6. The van der Waals surface area contributed by atoms with E-state index < -0.39 is 5.56 Å². The molecule has 1 rings (SSSR count). The molecule has 0 atom stereocenters. The summed E-state index contributed by atoms with van der Waals surface area (Å²) >= 11 is 0. The van der Waals surface area contributed by atoms with E-state index in [1.807, 2.05) is 0 Å². The van der Waals surface area contributed by atoms with Crippen molar-refractivity contribution in [3.63, 3.8) is 0 Å². The molecule has 6 N–H and O–H groups in total. The number of anilines is 3. The molecule has 0 aliphatic carbocycles. The van der Waals surface area contributed by atoms with Crippen LogP contribution in [0.25, 0.3) is 0 Å². The zero-order valence-electron chi connectivity index (χ0n) is 9.55. The van der Waals surface area contributed by atoms with E-state index in [0.717, 1.165) is 19.4 Å². The van der Waals surface area contributed by atoms with Crippen LogP contribution in [0, 0.1) is 0 Å². The summed E-state index contributed by atoms with van der Waals surface area (Å²) in [6.07, 6.45) is 4.59. The Kier molecular flexibility index (Phi) is 4.63. The Labute approximate surface area is 94.5 Å². The second-order valence-electron chi connectivity index (χ2n) is 3.70. The second-order valence-corrected chi connectivity index (χ2v) is 3.70. The van der Waals surface area contributed by atoms with Gasteiger partial charge >= 0.3 is 0 Å². The molecule has 0 spiro atoms. The number of nitrogen functional groups attached to an aromatic ring is 2. The fraction of sp³-hybridized carbons (Fsp3) is 0.600. The highest BCUT2D eigenvalue weighted by atomic mass is 16.1. The minimum atomic E-state index is -0.399. The van der Waals surface area contributed by atoms with Gasteiger partial charge in [0.15, 0.2) is 5.82 Å². The largest absolute Gasteiger partial charge is 0.391 e. The summed E-state index contributed by atoms with van der Waals surface area (Å²) in [5, 5.41) is 3.02. The van der Waals surface area contributed by atoms with E-state index in [1.54, 1.807) is 0 Å². The summed E-state index contributed by atoms with van der Waals surface area (Å²) in [6.45, 7) is 2.91. The molecular weight excluding hydrogens is 206 g/mol. The average Bonchev–Trinajstić information content (AvgIpc) is 2.24. The zero-order chi connectivity index (χ0) is 12.0. The summed E-state index contributed by atoms with van der Waals surface area (Å²) in [5.74, 6) is 0.452. The lowest BCUT2D eigenvalue weighted by molar-refractivity contribution is 0.684. The molecule has 90 valence electrons. The molecule has 6 nitrogen and oxygen atoms in total. The van der Waals surface area contributed by atoms with Crippen LogP contribution >= 0.6 is 0 Å². The van der Waals surface area contributed by atoms with Crippen molar-refractivity contribution in [3.8, 4) is 0 Å². The molecule has 0 aromatic carbocycles. The first-order valence-electron chi connectivity index (χ1n) is 5.54. The van der Waals surface area contributed by atoms with Crippen molar-refractivity contribution >= 4 is 17.5 Å². The van der Waals surface area contributed by atoms with Gasteiger partial charge in [-0.05, 0) is 6.42 Å². The summed E-state index contributed by atoms with van der Waals surface area (Å²) in [6, 6.07) is 0. The first-order valence-corrected chi connectivity index (χ1v) is 5.54. The van der Waals surface area contributed by atoms with Crippen molar-refractivity contribution in [1.29, 1.82) is 0 Å². The Balaban J connectivity index is 2.50. The van der Waals surface area contributed by atoms with Crippen molar-refractivity contribution in [2.75, 3.05) is 23.3 Å². The van der Waals surface area contributed by atoms with Gasteiger partial charge < -0.3 is 16.8 Å². The van der Waals surface area contributed by atoms with E-state index in [9.17, 15) is 4.79 Å². The molecule has 1 heterocycles. The maximum Gasteiger partial charge on any atom is 0.277 e. The number of hydrogen-bond acceptors (Lipinski definition) is 5. The highest BCUT2D eigenvalue weighted by molar-refractivity contribution is 5.60. The van der Waals surface area contributed by atoms with Crippen molar-refractivity contribution in [2.45, 2.75) is 32.6 Å². The highest BCUT2D eigenvalue weighted by Crippen LogP contribution is 2.10. The SMILES string of the molecule is CCCCCCNc1nc(N)[nH]c(=O)c1N. The number of hydrogen-bond donors (Lipinski definition) is 4. The molecule has 0 saturated carbocycles. The number of H-pyrrole nitrogens is 1. The Morgan fingerprint density at radius 1 is 1.31 bits per heavy atom. The number of aromatic nitrogens is 2. The van der Waals surface area contributed by atoms with Gasteiger partial charge in [-0.3, -0.25) is 9.78 Å². The summed E-state index contributed by atoms with van der Waals surface area (Å²) < 4.78 is 0. The van der Waals surface area contributed by atoms with Crippen LogP contribution in [0.5, 0.6) is 0 Å². The van der Waals surface area contributed by atoms with Gasteiger partial charge in [0.05, 0.1) is 0 Å². The third kappa shape index (κ3) is 3.45. The zero-order valence-corrected chi connectivity index (χ0v) is 9.55. The molecule has 16 heavy (non-hydrogen) atoms. The highest BCUT2D eigenvalue weighted by Gasteiger charge is 2.05. The Morgan fingerprint density at radius 3 is 2.75 bits per heavy atom. The monoisotopic (exact) mass is 225 g/mol. The lowest BCUT2D eigenvalue weighted by atomic mass is 10.2. The molecule has 0 fully saturated rings. The van der Waals surface area contributed by atoms with E-state index in [0.29, 0.717) is 5.82 Å². The Bertz CT molecular complexity index is 387. The minimum absolute atomic E-state index is 0.0789. The molecule has 0 aliphatic heterocycles. The second kappa shape index (κ2) is 5.99. The summed E-state index contributed by atoms with van der Waals surface area (Å²) in [5.41, 5.74) is 10.7. The van der Waals surface area contributed by atoms with Crippen molar-refractivity contribution in [3.05, 3.63) is 10.4 Å². The Morgan fingerprint density at radius 2 is 2.06 bits per heavy atom. The van der Waals surface area contributed by atoms with Gasteiger partial charge in [0.25, 0.3) is 5.56 Å². The average molecular weight is 225 g/mol. The molecule has 1 aromatic heterocycles. The first kappa shape index (κ1) is 12.4. The van der Waals surface area contributed by atoms with Crippen molar-refractivity contribution in [1.82, 2.24) is 9.97 Å². The predicted octanol–water partition coefficient (Wildman–Crippen LogP) is 0.926. The van der Waals surface area contributed by atoms with Crippen LogP contribution in [0.4, 0.5) is 17.5 Å². The quantitative estimate of drug-likeness (QED) is 0.538. The number of nitrogens with two attached hydrogens (primary N) is 2.